The first kappa shape index (κ1) is 15.9. The lowest BCUT2D eigenvalue weighted by molar-refractivity contribution is 0.0743. The van der Waals surface area contributed by atoms with Crippen LogP contribution in [0.3, 0.4) is 0 Å². The summed E-state index contributed by atoms with van der Waals surface area (Å²) in [5.74, 6) is 0.166. The van der Waals surface area contributed by atoms with E-state index in [1.54, 1.807) is 17.0 Å². The summed E-state index contributed by atoms with van der Waals surface area (Å²) < 4.78 is 25.9. The molecule has 116 valence electrons. The van der Waals surface area contributed by atoms with Crippen molar-refractivity contribution in [2.75, 3.05) is 20.1 Å². The summed E-state index contributed by atoms with van der Waals surface area (Å²) in [6.07, 6.45) is 0.886. The van der Waals surface area contributed by atoms with E-state index in [1.165, 1.54) is 19.2 Å². The third kappa shape index (κ3) is 3.25. The number of hydrogen-bond acceptors (Lipinski definition) is 4. The fraction of sp³-hybridized carbons (Fsp3) is 0.500. The lowest BCUT2D eigenvalue weighted by Gasteiger charge is -2.21. The van der Waals surface area contributed by atoms with Gasteiger partial charge in [-0.25, -0.2) is 13.1 Å². The Balaban J connectivity index is 2.27. The predicted octanol–water partition coefficient (Wildman–Crippen LogP) is 0.404. The maximum absolute atomic E-state index is 12.6. The van der Waals surface area contributed by atoms with E-state index in [9.17, 15) is 13.2 Å². The Bertz CT molecular complexity index is 630. The number of carbonyl (C=O) groups is 1. The fourth-order valence-corrected chi connectivity index (χ4v) is 3.45. The highest BCUT2D eigenvalue weighted by Crippen LogP contribution is 2.24. The second kappa shape index (κ2) is 6.13. The van der Waals surface area contributed by atoms with Crippen molar-refractivity contribution in [2.45, 2.75) is 24.3 Å². The zero-order chi connectivity index (χ0) is 15.6. The van der Waals surface area contributed by atoms with Crippen LogP contribution in [0.5, 0.6) is 0 Å². The van der Waals surface area contributed by atoms with Crippen molar-refractivity contribution in [2.24, 2.45) is 11.7 Å². The van der Waals surface area contributed by atoms with Crippen LogP contribution in [0.1, 0.15) is 23.7 Å². The number of nitrogens with zero attached hydrogens (tertiary/aromatic N) is 1. The average molecular weight is 311 g/mol. The maximum Gasteiger partial charge on any atom is 0.254 e. The molecule has 0 spiro atoms. The highest BCUT2D eigenvalue weighted by Gasteiger charge is 2.32. The lowest BCUT2D eigenvalue weighted by atomic mass is 10.1. The molecule has 1 heterocycles. The Morgan fingerprint density at radius 3 is 2.76 bits per heavy atom. The van der Waals surface area contributed by atoms with Gasteiger partial charge in [0.2, 0.25) is 10.0 Å². The van der Waals surface area contributed by atoms with Gasteiger partial charge in [0.05, 0.1) is 4.90 Å². The number of nitrogens with two attached hydrogens (primary N) is 1. The molecule has 1 aliphatic rings. The lowest BCUT2D eigenvalue weighted by Crippen LogP contribution is -2.34. The molecule has 2 unspecified atom stereocenters. The molecule has 2 atom stereocenters. The highest BCUT2D eigenvalue weighted by atomic mass is 32.2. The van der Waals surface area contributed by atoms with Gasteiger partial charge in [-0.1, -0.05) is 6.07 Å². The zero-order valence-corrected chi connectivity index (χ0v) is 13.1. The summed E-state index contributed by atoms with van der Waals surface area (Å²) in [4.78, 5) is 14.4. The minimum Gasteiger partial charge on any atom is -0.336 e. The predicted molar refractivity (Wildman–Crippen MR) is 80.3 cm³/mol. The Kier molecular flexibility index (Phi) is 4.65. The van der Waals surface area contributed by atoms with Crippen molar-refractivity contribution in [3.8, 4) is 0 Å². The molecule has 1 aromatic rings. The Labute approximate surface area is 125 Å². The van der Waals surface area contributed by atoms with Crippen molar-refractivity contribution in [1.29, 1.82) is 0 Å². The molecule has 6 nitrogen and oxygen atoms in total. The molecule has 0 aromatic heterocycles. The number of benzene rings is 1. The molecule has 7 heteroatoms. The summed E-state index contributed by atoms with van der Waals surface area (Å²) in [5, 5.41) is 0. The molecule has 1 amide bonds. The third-order valence-electron chi connectivity index (χ3n) is 3.92. The number of hydrogen-bond donors (Lipinski definition) is 2. The number of rotatable bonds is 4. The van der Waals surface area contributed by atoms with Crippen LogP contribution in [-0.4, -0.2) is 45.4 Å². The minimum atomic E-state index is -3.55. The third-order valence-corrected chi connectivity index (χ3v) is 5.33. The molecule has 1 fully saturated rings. The van der Waals surface area contributed by atoms with Crippen LogP contribution in [0.15, 0.2) is 29.2 Å². The van der Waals surface area contributed by atoms with Gasteiger partial charge in [0, 0.05) is 18.2 Å². The molecule has 0 bridgehead atoms. The van der Waals surface area contributed by atoms with Gasteiger partial charge in [-0.15, -0.1) is 0 Å². The molecule has 0 radical (unpaired) electrons. The molecular weight excluding hydrogens is 290 g/mol. The Morgan fingerprint density at radius 1 is 1.48 bits per heavy atom. The summed E-state index contributed by atoms with van der Waals surface area (Å²) >= 11 is 0. The standard InChI is InChI=1S/C14H21N3O3S/c1-10-6-11(8-15)9-17(10)14(18)12-4-3-5-13(7-12)21(19,20)16-2/h3-5,7,10-11,16H,6,8-9,15H2,1-2H3. The van der Waals surface area contributed by atoms with E-state index in [-0.39, 0.29) is 16.8 Å². The van der Waals surface area contributed by atoms with E-state index < -0.39 is 10.0 Å². The van der Waals surface area contributed by atoms with Crippen LogP contribution >= 0.6 is 0 Å². The molecule has 0 saturated carbocycles. The molecular formula is C14H21N3O3S. The quantitative estimate of drug-likeness (QED) is 0.842. The highest BCUT2D eigenvalue weighted by molar-refractivity contribution is 7.89. The van der Waals surface area contributed by atoms with Gasteiger partial charge in [-0.2, -0.15) is 0 Å². The van der Waals surface area contributed by atoms with Gasteiger partial charge in [0.25, 0.3) is 5.91 Å². The summed E-state index contributed by atoms with van der Waals surface area (Å²) in [5.41, 5.74) is 6.06. The van der Waals surface area contributed by atoms with Crippen LogP contribution in [0.4, 0.5) is 0 Å². The number of carbonyl (C=O) groups excluding carboxylic acids is 1. The van der Waals surface area contributed by atoms with E-state index in [2.05, 4.69) is 4.72 Å². The van der Waals surface area contributed by atoms with E-state index in [0.29, 0.717) is 24.6 Å². The van der Waals surface area contributed by atoms with Gasteiger partial charge >= 0.3 is 0 Å². The fourth-order valence-electron chi connectivity index (χ4n) is 2.68. The first-order chi connectivity index (χ1) is 9.89. The smallest absolute Gasteiger partial charge is 0.254 e. The van der Waals surface area contributed by atoms with Crippen LogP contribution in [0, 0.1) is 5.92 Å². The zero-order valence-electron chi connectivity index (χ0n) is 12.2. The van der Waals surface area contributed by atoms with Crippen molar-refractivity contribution in [3.63, 3.8) is 0 Å². The van der Waals surface area contributed by atoms with Crippen LogP contribution in [0.25, 0.3) is 0 Å². The monoisotopic (exact) mass is 311 g/mol. The first-order valence-electron chi connectivity index (χ1n) is 6.93. The summed E-state index contributed by atoms with van der Waals surface area (Å²) in [6, 6.07) is 6.23. The van der Waals surface area contributed by atoms with Gasteiger partial charge in [0.15, 0.2) is 0 Å². The van der Waals surface area contributed by atoms with E-state index in [0.717, 1.165) is 6.42 Å². The normalized spacial score (nSPS) is 22.5. The van der Waals surface area contributed by atoms with Gasteiger partial charge < -0.3 is 10.6 Å². The van der Waals surface area contributed by atoms with Crippen molar-refractivity contribution >= 4 is 15.9 Å². The SMILES string of the molecule is CNS(=O)(=O)c1cccc(C(=O)N2CC(CN)CC2C)c1. The molecule has 2 rings (SSSR count). The van der Waals surface area contributed by atoms with Crippen LogP contribution < -0.4 is 10.5 Å². The van der Waals surface area contributed by atoms with Gasteiger partial charge in [-0.05, 0) is 51.1 Å². The number of sulfonamides is 1. The molecule has 3 N–H and O–H groups in total. The van der Waals surface area contributed by atoms with E-state index >= 15 is 0 Å². The van der Waals surface area contributed by atoms with E-state index in [4.69, 9.17) is 5.73 Å². The van der Waals surface area contributed by atoms with Crippen molar-refractivity contribution in [3.05, 3.63) is 29.8 Å². The maximum atomic E-state index is 12.6. The first-order valence-corrected chi connectivity index (χ1v) is 8.42. The largest absolute Gasteiger partial charge is 0.336 e. The van der Waals surface area contributed by atoms with E-state index in [1.807, 2.05) is 6.92 Å². The van der Waals surface area contributed by atoms with Crippen molar-refractivity contribution in [1.82, 2.24) is 9.62 Å². The number of likely N-dealkylation sites (tertiary alicyclic amines) is 1. The Morgan fingerprint density at radius 2 is 2.19 bits per heavy atom. The van der Waals surface area contributed by atoms with Crippen LogP contribution in [-0.2, 0) is 10.0 Å². The van der Waals surface area contributed by atoms with Gasteiger partial charge in [-0.3, -0.25) is 4.79 Å². The molecule has 0 aliphatic carbocycles. The summed E-state index contributed by atoms with van der Waals surface area (Å²) in [6.45, 7) is 3.17. The second-order valence-corrected chi connectivity index (χ2v) is 7.27. The Hall–Kier alpha value is -1.44. The van der Waals surface area contributed by atoms with Crippen molar-refractivity contribution < 1.29 is 13.2 Å². The number of nitrogens with one attached hydrogen (secondary N) is 1. The second-order valence-electron chi connectivity index (χ2n) is 5.38. The molecule has 1 saturated heterocycles. The topological polar surface area (TPSA) is 92.5 Å². The molecule has 1 aliphatic heterocycles. The molecule has 21 heavy (non-hydrogen) atoms. The van der Waals surface area contributed by atoms with Gasteiger partial charge in [0.1, 0.15) is 0 Å². The van der Waals surface area contributed by atoms with Crippen LogP contribution in [0.2, 0.25) is 0 Å². The molecule has 1 aromatic carbocycles. The summed E-state index contributed by atoms with van der Waals surface area (Å²) in [7, 11) is -2.20. The average Bonchev–Trinajstić information content (AvgIpc) is 2.87. The number of amides is 1. The minimum absolute atomic E-state index is 0.0954.